The van der Waals surface area contributed by atoms with Crippen molar-refractivity contribution in [1.82, 2.24) is 19.9 Å². The Morgan fingerprint density at radius 2 is 2.16 bits per heavy atom. The summed E-state index contributed by atoms with van der Waals surface area (Å²) in [7, 11) is 1.72. The van der Waals surface area contributed by atoms with Gasteiger partial charge >= 0.3 is 0 Å². The molecule has 0 saturated heterocycles. The molecule has 1 atom stereocenters. The fourth-order valence-corrected chi connectivity index (χ4v) is 1.83. The summed E-state index contributed by atoms with van der Waals surface area (Å²) in [4.78, 5) is 25.8. The Balaban J connectivity index is 2.20. The normalized spacial score (nSPS) is 11.9. The van der Waals surface area contributed by atoms with Gasteiger partial charge in [0.1, 0.15) is 6.33 Å². The number of aromatic nitrogens is 3. The molecule has 98 valence electrons. The van der Waals surface area contributed by atoms with Crippen LogP contribution in [0.2, 0.25) is 5.02 Å². The van der Waals surface area contributed by atoms with Crippen molar-refractivity contribution in [2.75, 3.05) is 7.05 Å². The quantitative estimate of drug-likeness (QED) is 0.863. The minimum atomic E-state index is -0.158. The lowest BCUT2D eigenvalue weighted by molar-refractivity contribution is 0.0739. The van der Waals surface area contributed by atoms with Gasteiger partial charge in [-0.2, -0.15) is 0 Å². The lowest BCUT2D eigenvalue weighted by Crippen LogP contribution is -2.30. The van der Waals surface area contributed by atoms with Gasteiger partial charge in [-0.05, 0) is 19.1 Å². The smallest absolute Gasteiger partial charge is 0.255 e. The highest BCUT2D eigenvalue weighted by molar-refractivity contribution is 6.30. The highest BCUT2D eigenvalue weighted by Gasteiger charge is 2.20. The highest BCUT2D eigenvalue weighted by atomic mass is 35.5. The number of hydrogen-bond acceptors (Lipinski definition) is 4. The van der Waals surface area contributed by atoms with Gasteiger partial charge in [-0.3, -0.25) is 9.78 Å². The largest absolute Gasteiger partial charge is 0.333 e. The van der Waals surface area contributed by atoms with Crippen molar-refractivity contribution >= 4 is 17.5 Å². The second-order valence-corrected chi connectivity index (χ2v) is 4.55. The van der Waals surface area contributed by atoms with Crippen LogP contribution in [-0.2, 0) is 0 Å². The van der Waals surface area contributed by atoms with Crippen molar-refractivity contribution in [3.05, 3.63) is 53.3 Å². The van der Waals surface area contributed by atoms with Gasteiger partial charge in [0.15, 0.2) is 0 Å². The molecular weight excluding hydrogens is 264 g/mol. The molecule has 2 heterocycles. The Labute approximate surface area is 116 Å². The van der Waals surface area contributed by atoms with Crippen molar-refractivity contribution in [2.45, 2.75) is 13.0 Å². The standard InChI is InChI=1S/C13H13ClN4O/c1-9(12-3-4-15-8-17-12)18(2)13(19)10-5-11(14)7-16-6-10/h3-9H,1-2H3. The SMILES string of the molecule is CC(c1ccncn1)N(C)C(=O)c1cncc(Cl)c1. The van der Waals surface area contributed by atoms with E-state index < -0.39 is 0 Å². The van der Waals surface area contributed by atoms with Gasteiger partial charge in [-0.1, -0.05) is 11.6 Å². The van der Waals surface area contributed by atoms with Crippen LogP contribution in [0.5, 0.6) is 0 Å². The van der Waals surface area contributed by atoms with Gasteiger partial charge in [-0.25, -0.2) is 9.97 Å². The topological polar surface area (TPSA) is 59.0 Å². The van der Waals surface area contributed by atoms with E-state index in [1.807, 2.05) is 6.92 Å². The molecule has 0 fully saturated rings. The molecule has 0 spiro atoms. The van der Waals surface area contributed by atoms with Crippen LogP contribution in [-0.4, -0.2) is 32.8 Å². The van der Waals surface area contributed by atoms with Crippen LogP contribution in [0.4, 0.5) is 0 Å². The first kappa shape index (κ1) is 13.4. The lowest BCUT2D eigenvalue weighted by atomic mass is 10.1. The Hall–Kier alpha value is -2.01. The number of amides is 1. The van der Waals surface area contributed by atoms with Gasteiger partial charge in [0, 0.05) is 25.6 Å². The average Bonchev–Trinajstić information content (AvgIpc) is 2.46. The molecule has 1 amide bonds. The van der Waals surface area contributed by atoms with Crippen molar-refractivity contribution in [3.8, 4) is 0 Å². The monoisotopic (exact) mass is 276 g/mol. The predicted molar refractivity (Wildman–Crippen MR) is 71.8 cm³/mol. The van der Waals surface area contributed by atoms with E-state index in [9.17, 15) is 4.79 Å². The Kier molecular flexibility index (Phi) is 4.06. The molecule has 0 radical (unpaired) electrons. The summed E-state index contributed by atoms with van der Waals surface area (Å²) >= 11 is 5.84. The van der Waals surface area contributed by atoms with Crippen LogP contribution in [0.1, 0.15) is 29.0 Å². The molecule has 0 aliphatic rings. The van der Waals surface area contributed by atoms with Crippen LogP contribution in [0, 0.1) is 0 Å². The number of hydrogen-bond donors (Lipinski definition) is 0. The van der Waals surface area contributed by atoms with E-state index in [1.54, 1.807) is 30.3 Å². The van der Waals surface area contributed by atoms with Crippen molar-refractivity contribution in [3.63, 3.8) is 0 Å². The maximum absolute atomic E-state index is 12.3. The number of halogens is 1. The summed E-state index contributed by atoms with van der Waals surface area (Å²) in [6.45, 7) is 1.90. The fourth-order valence-electron chi connectivity index (χ4n) is 1.65. The number of nitrogens with zero attached hydrogens (tertiary/aromatic N) is 4. The molecule has 19 heavy (non-hydrogen) atoms. The molecule has 0 aliphatic heterocycles. The van der Waals surface area contributed by atoms with E-state index in [1.165, 1.54) is 18.7 Å². The molecule has 6 heteroatoms. The van der Waals surface area contributed by atoms with Crippen molar-refractivity contribution < 1.29 is 4.79 Å². The summed E-state index contributed by atoms with van der Waals surface area (Å²) in [5.74, 6) is -0.152. The van der Waals surface area contributed by atoms with Gasteiger partial charge in [0.05, 0.1) is 22.3 Å². The summed E-state index contributed by atoms with van der Waals surface area (Å²) < 4.78 is 0. The first-order chi connectivity index (χ1) is 9.09. The van der Waals surface area contributed by atoms with E-state index in [4.69, 9.17) is 11.6 Å². The lowest BCUT2D eigenvalue weighted by Gasteiger charge is -2.24. The summed E-state index contributed by atoms with van der Waals surface area (Å²) in [6, 6.07) is 3.22. The minimum Gasteiger partial charge on any atom is -0.333 e. The molecule has 2 aromatic heterocycles. The highest BCUT2D eigenvalue weighted by Crippen LogP contribution is 2.19. The molecule has 2 rings (SSSR count). The van der Waals surface area contributed by atoms with E-state index in [0.717, 1.165) is 5.69 Å². The van der Waals surface area contributed by atoms with Crippen LogP contribution in [0.15, 0.2) is 37.1 Å². The molecular formula is C13H13ClN4O. The molecule has 0 saturated carbocycles. The van der Waals surface area contributed by atoms with E-state index >= 15 is 0 Å². The number of pyridine rings is 1. The fraction of sp³-hybridized carbons (Fsp3) is 0.231. The Morgan fingerprint density at radius 3 is 2.79 bits per heavy atom. The van der Waals surface area contributed by atoms with Gasteiger partial charge in [0.2, 0.25) is 0 Å². The molecule has 0 bridgehead atoms. The van der Waals surface area contributed by atoms with E-state index in [2.05, 4.69) is 15.0 Å². The molecule has 1 unspecified atom stereocenters. The second-order valence-electron chi connectivity index (χ2n) is 4.12. The minimum absolute atomic E-state index is 0.152. The van der Waals surface area contributed by atoms with Crippen molar-refractivity contribution in [1.29, 1.82) is 0 Å². The third kappa shape index (κ3) is 3.06. The first-order valence-corrected chi connectivity index (χ1v) is 6.11. The van der Waals surface area contributed by atoms with Crippen molar-refractivity contribution in [2.24, 2.45) is 0 Å². The number of rotatable bonds is 3. The first-order valence-electron chi connectivity index (χ1n) is 5.73. The Morgan fingerprint density at radius 1 is 1.37 bits per heavy atom. The van der Waals surface area contributed by atoms with Crippen LogP contribution >= 0.6 is 11.6 Å². The zero-order valence-corrected chi connectivity index (χ0v) is 11.4. The van der Waals surface area contributed by atoms with Crippen LogP contribution in [0.3, 0.4) is 0 Å². The Bertz CT molecular complexity index is 576. The summed E-state index contributed by atoms with van der Waals surface area (Å²) in [6.07, 6.45) is 6.10. The average molecular weight is 277 g/mol. The van der Waals surface area contributed by atoms with Gasteiger partial charge < -0.3 is 4.90 Å². The molecule has 5 nitrogen and oxygen atoms in total. The van der Waals surface area contributed by atoms with E-state index in [-0.39, 0.29) is 11.9 Å². The zero-order valence-electron chi connectivity index (χ0n) is 10.6. The maximum atomic E-state index is 12.3. The maximum Gasteiger partial charge on any atom is 0.255 e. The molecule has 0 N–H and O–H groups in total. The van der Waals surface area contributed by atoms with Gasteiger partial charge in [0.25, 0.3) is 5.91 Å². The number of carbonyl (C=O) groups excluding carboxylic acids is 1. The van der Waals surface area contributed by atoms with E-state index in [0.29, 0.717) is 10.6 Å². The summed E-state index contributed by atoms with van der Waals surface area (Å²) in [5.41, 5.74) is 1.23. The predicted octanol–water partition coefficient (Wildman–Crippen LogP) is 2.36. The second kappa shape index (κ2) is 5.75. The van der Waals surface area contributed by atoms with Crippen LogP contribution in [0.25, 0.3) is 0 Å². The zero-order chi connectivity index (χ0) is 13.8. The molecule has 2 aromatic rings. The number of carbonyl (C=O) groups is 1. The van der Waals surface area contributed by atoms with Crippen LogP contribution < -0.4 is 0 Å². The summed E-state index contributed by atoms with van der Waals surface area (Å²) in [5, 5.41) is 0.439. The third-order valence-electron chi connectivity index (χ3n) is 2.89. The van der Waals surface area contributed by atoms with Gasteiger partial charge in [-0.15, -0.1) is 0 Å². The molecule has 0 aliphatic carbocycles. The third-order valence-corrected chi connectivity index (χ3v) is 3.09. The molecule has 0 aromatic carbocycles.